The lowest BCUT2D eigenvalue weighted by Gasteiger charge is -2.37. The summed E-state index contributed by atoms with van der Waals surface area (Å²) in [4.78, 5) is 141. The normalized spacial score (nSPS) is 28.4. The van der Waals surface area contributed by atoms with E-state index in [0.717, 1.165) is 10.5 Å². The number of fused-ring (bicyclic) bond motifs is 1. The highest BCUT2D eigenvalue weighted by Crippen LogP contribution is 2.51. The maximum atomic E-state index is 15.3. The van der Waals surface area contributed by atoms with Gasteiger partial charge in [-0.1, -0.05) is 136 Å². The van der Waals surface area contributed by atoms with Crippen LogP contribution in [-0.2, 0) is 65.5 Å². The van der Waals surface area contributed by atoms with Gasteiger partial charge in [-0.15, -0.1) is 0 Å². The van der Waals surface area contributed by atoms with Crippen molar-refractivity contribution >= 4 is 53.2 Å². The maximum absolute atomic E-state index is 15.3. The van der Waals surface area contributed by atoms with Gasteiger partial charge in [-0.2, -0.15) is 0 Å². The molecule has 79 heavy (non-hydrogen) atoms. The van der Waals surface area contributed by atoms with E-state index in [-0.39, 0.29) is 38.1 Å². The number of hydrogen-bond donors (Lipinski definition) is 3. The number of carbonyl (C=O) groups is 9. The number of epoxide rings is 1. The molecule has 0 radical (unpaired) electrons. The number of nitrogens with zero attached hydrogens (tertiary/aromatic N) is 5. The van der Waals surface area contributed by atoms with Crippen LogP contribution >= 0.6 is 0 Å². The van der Waals surface area contributed by atoms with Crippen LogP contribution in [0.1, 0.15) is 126 Å². The highest BCUT2D eigenvalue weighted by Gasteiger charge is 2.75. The molecule has 11 atom stereocenters. The number of rotatable bonds is 12. The summed E-state index contributed by atoms with van der Waals surface area (Å²) in [6.45, 7) is 21.4. The topological polar surface area (TPSA) is 228 Å². The van der Waals surface area contributed by atoms with Crippen LogP contribution < -0.4 is 16.0 Å². The summed E-state index contributed by atoms with van der Waals surface area (Å²) in [6, 6.07) is 10.1. The minimum Gasteiger partial charge on any atom is -0.448 e. The van der Waals surface area contributed by atoms with E-state index in [1.54, 1.807) is 48.5 Å². The first kappa shape index (κ1) is 63.5. The maximum Gasteiger partial charge on any atom is 0.364 e. The highest BCUT2D eigenvalue weighted by molar-refractivity contribution is 6.00. The van der Waals surface area contributed by atoms with Crippen LogP contribution in [0.15, 0.2) is 60.7 Å². The van der Waals surface area contributed by atoms with E-state index >= 15 is 9.59 Å². The third-order valence-corrected chi connectivity index (χ3v) is 16.4. The Balaban J connectivity index is 1.69. The van der Waals surface area contributed by atoms with Crippen LogP contribution in [0, 0.1) is 29.6 Å². The molecule has 8 amide bonds. The molecule has 19 nitrogen and oxygen atoms in total. The molecule has 0 aliphatic carbocycles. The molecule has 3 aliphatic heterocycles. The largest absolute Gasteiger partial charge is 0.448 e. The van der Waals surface area contributed by atoms with Gasteiger partial charge in [-0.3, -0.25) is 38.4 Å². The number of esters is 1. The minimum atomic E-state index is -2.05. The molecule has 3 aliphatic rings. The van der Waals surface area contributed by atoms with Crippen LogP contribution in [-0.4, -0.2) is 172 Å². The van der Waals surface area contributed by atoms with Crippen LogP contribution in [0.25, 0.3) is 0 Å². The smallest absolute Gasteiger partial charge is 0.364 e. The van der Waals surface area contributed by atoms with Gasteiger partial charge in [0.1, 0.15) is 47.9 Å². The van der Waals surface area contributed by atoms with Gasteiger partial charge < -0.3 is 49.9 Å². The van der Waals surface area contributed by atoms with E-state index in [2.05, 4.69) is 16.0 Å². The molecule has 0 bridgehead atoms. The van der Waals surface area contributed by atoms with Gasteiger partial charge in [-0.25, -0.2) is 4.79 Å². The van der Waals surface area contributed by atoms with Crippen molar-refractivity contribution in [2.45, 2.75) is 188 Å². The summed E-state index contributed by atoms with van der Waals surface area (Å²) in [5.74, 6) is -8.22. The standard InChI is InChI=1S/C60H90N8O11/c1-17-38(9)46-56(75)65(14)47(36(5)6)51(70)61-42(32-35(3)4)54(73)67(16)60(59(11,12)79-60)58(77)78-49(39(10)18-2)57(76)66(15)48(37(7)8)52(71)62-43(33-40-26-21-19-22-27-40)53(72)64(13)45(34-41-28-23-20-24-29-41)55(74)68-31-25-30-44(68)50(69)63-46/h19-24,26-29,35-39,42-49H,17-18,25,30-34H2,1-16H3,(H,61,70)(H,62,71)(H,63,69)/t38-,39-,42-,43-,44-,45-,46-,47-,48-,49+,60?/m0/s1. The quantitative estimate of drug-likeness (QED) is 0.194. The monoisotopic (exact) mass is 1100 g/mol. The summed E-state index contributed by atoms with van der Waals surface area (Å²) in [6.07, 6.45) is 0.272. The molecular formula is C60H90N8O11. The van der Waals surface area contributed by atoms with Crippen LogP contribution in [0.3, 0.4) is 0 Å². The molecule has 0 aromatic heterocycles. The Labute approximate surface area is 468 Å². The molecule has 0 saturated carbocycles. The zero-order chi connectivity index (χ0) is 59.0. The zero-order valence-electron chi connectivity index (χ0n) is 49.7. The molecule has 1 spiro atoms. The first-order chi connectivity index (χ1) is 37.1. The molecule has 3 heterocycles. The Hall–Kier alpha value is -6.37. The summed E-state index contributed by atoms with van der Waals surface area (Å²) in [5.41, 5.74) is -1.94. The zero-order valence-corrected chi connectivity index (χ0v) is 49.7. The summed E-state index contributed by atoms with van der Waals surface area (Å²) < 4.78 is 12.3. The number of nitrogens with one attached hydrogen (secondary N) is 3. The number of carbonyl (C=O) groups excluding carboxylic acids is 9. The average Bonchev–Trinajstić information content (AvgIpc) is 3.94. The second kappa shape index (κ2) is 26.7. The third kappa shape index (κ3) is 14.2. The minimum absolute atomic E-state index is 0.00667. The van der Waals surface area contributed by atoms with Crippen molar-refractivity contribution in [1.82, 2.24) is 40.4 Å². The summed E-state index contributed by atoms with van der Waals surface area (Å²) >= 11 is 0. The molecule has 3 saturated heterocycles. The van der Waals surface area contributed by atoms with Gasteiger partial charge in [0, 0.05) is 53.5 Å². The number of benzene rings is 2. The van der Waals surface area contributed by atoms with Gasteiger partial charge in [0.25, 0.3) is 11.6 Å². The Morgan fingerprint density at radius 1 is 0.582 bits per heavy atom. The van der Waals surface area contributed by atoms with Crippen LogP contribution in [0.2, 0.25) is 0 Å². The lowest BCUT2D eigenvalue weighted by molar-refractivity contribution is -0.177. The summed E-state index contributed by atoms with van der Waals surface area (Å²) in [5, 5.41) is 8.86. The Morgan fingerprint density at radius 3 is 1.56 bits per heavy atom. The predicted molar refractivity (Wildman–Crippen MR) is 299 cm³/mol. The fourth-order valence-electron chi connectivity index (χ4n) is 11.3. The van der Waals surface area contributed by atoms with Gasteiger partial charge >= 0.3 is 5.97 Å². The molecule has 436 valence electrons. The molecule has 2 aromatic rings. The third-order valence-electron chi connectivity index (χ3n) is 16.4. The van der Waals surface area contributed by atoms with E-state index in [4.69, 9.17) is 9.47 Å². The molecule has 1 unspecified atom stereocenters. The van der Waals surface area contributed by atoms with E-state index < -0.39 is 137 Å². The first-order valence-electron chi connectivity index (χ1n) is 28.3. The first-order valence-corrected chi connectivity index (χ1v) is 28.3. The van der Waals surface area contributed by atoms with Gasteiger partial charge in [0.2, 0.25) is 41.4 Å². The Kier molecular flexibility index (Phi) is 21.5. The molecule has 5 rings (SSSR count). The van der Waals surface area contributed by atoms with Gasteiger partial charge in [0.15, 0.2) is 6.10 Å². The number of ether oxygens (including phenoxy) is 2. The van der Waals surface area contributed by atoms with E-state index in [0.29, 0.717) is 24.8 Å². The van der Waals surface area contributed by atoms with Crippen LogP contribution in [0.5, 0.6) is 0 Å². The molecule has 3 fully saturated rings. The van der Waals surface area contributed by atoms with Crippen LogP contribution in [0.4, 0.5) is 0 Å². The molecule has 19 heteroatoms. The van der Waals surface area contributed by atoms with Crippen molar-refractivity contribution in [2.24, 2.45) is 29.6 Å². The molecule has 3 N–H and O–H groups in total. The van der Waals surface area contributed by atoms with Crippen molar-refractivity contribution in [3.05, 3.63) is 71.8 Å². The van der Waals surface area contributed by atoms with E-state index in [9.17, 15) is 33.6 Å². The SMILES string of the molecule is CC[C@H](C)[C@@H]1NC(=O)[C@@H]2CCCN2C(=O)[C@H](Cc2ccccc2)N(C)C(=O)[C@H](Cc2ccccc2)NC(=O)[C@H](C(C)C)N(C)C(=O)[C@@H]([C@@H](C)CC)OC(=O)C2(OC2(C)C)N(C)C(=O)[C@H](CC(C)C)NC(=O)[C@H](C(C)C)N(C)C1=O. The van der Waals surface area contributed by atoms with Gasteiger partial charge in [0.05, 0.1) is 0 Å². The second-order valence-corrected chi connectivity index (χ2v) is 23.8. The average molecular weight is 1100 g/mol. The van der Waals surface area contributed by atoms with E-state index in [1.165, 1.54) is 47.8 Å². The Bertz CT molecular complexity index is 2510. The predicted octanol–water partition coefficient (Wildman–Crippen LogP) is 4.74. The molecule has 2 aromatic carbocycles. The Morgan fingerprint density at radius 2 is 1.08 bits per heavy atom. The number of cyclic esters (lactones) is 1. The fourth-order valence-corrected chi connectivity index (χ4v) is 11.3. The number of amides is 8. The second-order valence-electron chi connectivity index (χ2n) is 23.8. The van der Waals surface area contributed by atoms with Crippen molar-refractivity contribution in [3.8, 4) is 0 Å². The van der Waals surface area contributed by atoms with Crippen molar-refractivity contribution in [3.63, 3.8) is 0 Å². The fraction of sp³-hybridized carbons (Fsp3) is 0.650. The van der Waals surface area contributed by atoms with Crippen molar-refractivity contribution in [2.75, 3.05) is 34.7 Å². The van der Waals surface area contributed by atoms with Crippen molar-refractivity contribution in [1.29, 1.82) is 0 Å². The summed E-state index contributed by atoms with van der Waals surface area (Å²) in [7, 11) is 5.80. The van der Waals surface area contributed by atoms with Gasteiger partial charge in [-0.05, 0) is 74.3 Å². The van der Waals surface area contributed by atoms with E-state index in [1.807, 2.05) is 95.3 Å². The lowest BCUT2D eigenvalue weighted by Crippen LogP contribution is -2.62. The number of hydrogen-bond acceptors (Lipinski definition) is 11. The highest BCUT2D eigenvalue weighted by atomic mass is 16.7. The molecular weight excluding hydrogens is 1010 g/mol. The van der Waals surface area contributed by atoms with Crippen molar-refractivity contribution < 1.29 is 52.6 Å². The number of likely N-dealkylation sites (N-methyl/N-ethyl adjacent to an activating group) is 4. The lowest BCUT2D eigenvalue weighted by atomic mass is 9.94.